The van der Waals surface area contributed by atoms with Gasteiger partial charge in [0.1, 0.15) is 0 Å². The van der Waals surface area contributed by atoms with E-state index >= 15 is 0 Å². The second-order valence-corrected chi connectivity index (χ2v) is 4.70. The molecule has 0 bridgehead atoms. The smallest absolute Gasteiger partial charge is 0.0518 e. The Hall–Kier alpha value is -1.51. The quantitative estimate of drug-likeness (QED) is 0.657. The summed E-state index contributed by atoms with van der Waals surface area (Å²) in [6.45, 7) is 0.830. The van der Waals surface area contributed by atoms with E-state index in [0.717, 1.165) is 30.1 Å². The maximum atomic E-state index is 6.00. The van der Waals surface area contributed by atoms with Gasteiger partial charge in [-0.3, -0.25) is 0 Å². The van der Waals surface area contributed by atoms with Gasteiger partial charge in [0.05, 0.1) is 5.69 Å². The Morgan fingerprint density at radius 3 is 2.28 bits per heavy atom. The molecule has 0 fully saturated rings. The van der Waals surface area contributed by atoms with Crippen molar-refractivity contribution in [2.24, 2.45) is 5.84 Å². The molecular formula is C15H17ClN2. The van der Waals surface area contributed by atoms with Crippen LogP contribution in [0.1, 0.15) is 12.0 Å². The third-order valence-electron chi connectivity index (χ3n) is 2.87. The lowest BCUT2D eigenvalue weighted by atomic mass is 10.1. The molecule has 2 N–H and O–H groups in total. The number of nitrogens with zero attached hydrogens (tertiary/aromatic N) is 1. The number of hydrogen-bond donors (Lipinski definition) is 1. The number of halogens is 1. The summed E-state index contributed by atoms with van der Waals surface area (Å²) in [5.74, 6) is 6.00. The van der Waals surface area contributed by atoms with Gasteiger partial charge in [-0.15, -0.1) is 0 Å². The Bertz CT molecular complexity index is 468. The number of hydrazine groups is 1. The van der Waals surface area contributed by atoms with Gasteiger partial charge in [-0.05, 0) is 42.7 Å². The van der Waals surface area contributed by atoms with E-state index < -0.39 is 0 Å². The van der Waals surface area contributed by atoms with Crippen molar-refractivity contribution in [3.05, 3.63) is 65.2 Å². The topological polar surface area (TPSA) is 29.3 Å². The Morgan fingerprint density at radius 1 is 0.944 bits per heavy atom. The maximum Gasteiger partial charge on any atom is 0.0518 e. The van der Waals surface area contributed by atoms with Crippen molar-refractivity contribution in [2.75, 3.05) is 11.6 Å². The van der Waals surface area contributed by atoms with Crippen LogP contribution in [0.2, 0.25) is 5.02 Å². The summed E-state index contributed by atoms with van der Waals surface area (Å²) in [5, 5.41) is 2.50. The lowest BCUT2D eigenvalue weighted by Crippen LogP contribution is -2.31. The summed E-state index contributed by atoms with van der Waals surface area (Å²) in [4.78, 5) is 0. The number of anilines is 1. The van der Waals surface area contributed by atoms with Crippen LogP contribution in [0.5, 0.6) is 0 Å². The highest BCUT2D eigenvalue weighted by Crippen LogP contribution is 2.16. The van der Waals surface area contributed by atoms with Crippen molar-refractivity contribution < 1.29 is 0 Å². The van der Waals surface area contributed by atoms with Gasteiger partial charge < -0.3 is 5.01 Å². The summed E-state index contributed by atoms with van der Waals surface area (Å²) in [6, 6.07) is 18.0. The van der Waals surface area contributed by atoms with Crippen molar-refractivity contribution in [1.82, 2.24) is 0 Å². The molecule has 2 rings (SSSR count). The lowest BCUT2D eigenvalue weighted by Gasteiger charge is -2.18. The first-order valence-corrected chi connectivity index (χ1v) is 6.45. The molecule has 0 aliphatic rings. The SMILES string of the molecule is NN(CCCc1ccccc1)c1ccc(Cl)cc1. The van der Waals surface area contributed by atoms with Crippen LogP contribution in [-0.2, 0) is 6.42 Å². The molecule has 94 valence electrons. The van der Waals surface area contributed by atoms with Gasteiger partial charge in [0.2, 0.25) is 0 Å². The standard InChI is InChI=1S/C15H17ClN2/c16-14-8-10-15(11-9-14)18(17)12-4-7-13-5-2-1-3-6-13/h1-3,5-6,8-11H,4,7,12,17H2. The van der Waals surface area contributed by atoms with E-state index in [1.165, 1.54) is 5.56 Å². The predicted octanol–water partition coefficient (Wildman–Crippen LogP) is 3.65. The molecule has 0 spiro atoms. The fourth-order valence-corrected chi connectivity index (χ4v) is 1.99. The zero-order valence-electron chi connectivity index (χ0n) is 10.2. The monoisotopic (exact) mass is 260 g/mol. The summed E-state index contributed by atoms with van der Waals surface area (Å²) in [7, 11) is 0. The van der Waals surface area contributed by atoms with Crippen LogP contribution in [0.25, 0.3) is 0 Å². The van der Waals surface area contributed by atoms with Crippen molar-refractivity contribution in [2.45, 2.75) is 12.8 Å². The third-order valence-corrected chi connectivity index (χ3v) is 3.12. The van der Waals surface area contributed by atoms with Gasteiger partial charge in [-0.2, -0.15) is 0 Å². The van der Waals surface area contributed by atoms with Crippen molar-refractivity contribution >= 4 is 17.3 Å². The summed E-state index contributed by atoms with van der Waals surface area (Å²) < 4.78 is 0. The lowest BCUT2D eigenvalue weighted by molar-refractivity contribution is 0.754. The second-order valence-electron chi connectivity index (χ2n) is 4.26. The molecule has 0 saturated heterocycles. The van der Waals surface area contributed by atoms with E-state index in [2.05, 4.69) is 24.3 Å². The highest BCUT2D eigenvalue weighted by Gasteiger charge is 2.01. The number of rotatable bonds is 5. The summed E-state index contributed by atoms with van der Waals surface area (Å²) >= 11 is 5.84. The minimum absolute atomic E-state index is 0.733. The number of nitrogens with two attached hydrogens (primary N) is 1. The predicted molar refractivity (Wildman–Crippen MR) is 77.7 cm³/mol. The number of benzene rings is 2. The van der Waals surface area contributed by atoms with Crippen LogP contribution in [-0.4, -0.2) is 6.54 Å². The molecule has 3 heteroatoms. The first-order valence-electron chi connectivity index (χ1n) is 6.07. The zero-order chi connectivity index (χ0) is 12.8. The van der Waals surface area contributed by atoms with E-state index in [4.69, 9.17) is 17.4 Å². The fraction of sp³-hybridized carbons (Fsp3) is 0.200. The highest BCUT2D eigenvalue weighted by molar-refractivity contribution is 6.30. The molecule has 0 aliphatic heterocycles. The first kappa shape index (κ1) is 12.9. The van der Waals surface area contributed by atoms with Gasteiger partial charge in [-0.1, -0.05) is 41.9 Å². The Labute approximate surface area is 113 Å². The van der Waals surface area contributed by atoms with Crippen LogP contribution >= 0.6 is 11.6 Å². The van der Waals surface area contributed by atoms with E-state index in [9.17, 15) is 0 Å². The Morgan fingerprint density at radius 2 is 1.61 bits per heavy atom. The second kappa shape index (κ2) is 6.43. The minimum atomic E-state index is 0.733. The van der Waals surface area contributed by atoms with E-state index in [0.29, 0.717) is 0 Å². The molecular weight excluding hydrogens is 244 g/mol. The maximum absolute atomic E-state index is 6.00. The van der Waals surface area contributed by atoms with Crippen molar-refractivity contribution in [3.63, 3.8) is 0 Å². The minimum Gasteiger partial charge on any atom is -0.311 e. The van der Waals surface area contributed by atoms with Gasteiger partial charge in [-0.25, -0.2) is 5.84 Å². The van der Waals surface area contributed by atoms with Gasteiger partial charge in [0.15, 0.2) is 0 Å². The average molecular weight is 261 g/mol. The molecule has 18 heavy (non-hydrogen) atoms. The molecule has 0 aliphatic carbocycles. The van der Waals surface area contributed by atoms with Crippen LogP contribution in [0.4, 0.5) is 5.69 Å². The summed E-state index contributed by atoms with van der Waals surface area (Å²) in [5.41, 5.74) is 2.34. The van der Waals surface area contributed by atoms with Gasteiger partial charge >= 0.3 is 0 Å². The largest absolute Gasteiger partial charge is 0.311 e. The van der Waals surface area contributed by atoms with Gasteiger partial charge in [0.25, 0.3) is 0 Å². The first-order chi connectivity index (χ1) is 8.75. The molecule has 0 atom stereocenters. The molecule has 0 unspecified atom stereocenters. The molecule has 0 aromatic heterocycles. The van der Waals surface area contributed by atoms with Crippen LogP contribution in [0.3, 0.4) is 0 Å². The van der Waals surface area contributed by atoms with Gasteiger partial charge in [0, 0.05) is 11.6 Å². The van der Waals surface area contributed by atoms with E-state index in [-0.39, 0.29) is 0 Å². The molecule has 2 aromatic rings. The van der Waals surface area contributed by atoms with E-state index in [1.54, 1.807) is 5.01 Å². The van der Waals surface area contributed by atoms with Crippen LogP contribution in [0.15, 0.2) is 54.6 Å². The molecule has 2 aromatic carbocycles. The zero-order valence-corrected chi connectivity index (χ0v) is 11.0. The van der Waals surface area contributed by atoms with E-state index in [1.807, 2.05) is 30.3 Å². The van der Waals surface area contributed by atoms with Crippen molar-refractivity contribution in [1.29, 1.82) is 0 Å². The third kappa shape index (κ3) is 3.76. The average Bonchev–Trinajstić information content (AvgIpc) is 2.40. The Balaban J connectivity index is 1.81. The summed E-state index contributed by atoms with van der Waals surface area (Å²) in [6.07, 6.45) is 2.07. The molecule has 2 nitrogen and oxygen atoms in total. The van der Waals surface area contributed by atoms with Crippen LogP contribution in [0, 0.1) is 0 Å². The molecule has 0 radical (unpaired) electrons. The molecule has 0 heterocycles. The molecule has 0 saturated carbocycles. The normalized spacial score (nSPS) is 10.3. The van der Waals surface area contributed by atoms with Crippen molar-refractivity contribution in [3.8, 4) is 0 Å². The fourth-order valence-electron chi connectivity index (χ4n) is 1.86. The highest BCUT2D eigenvalue weighted by atomic mass is 35.5. The Kier molecular flexibility index (Phi) is 4.62. The molecule has 0 amide bonds. The number of hydrogen-bond acceptors (Lipinski definition) is 2. The number of aryl methyl sites for hydroxylation is 1. The van der Waals surface area contributed by atoms with Crippen LogP contribution < -0.4 is 10.9 Å².